The summed E-state index contributed by atoms with van der Waals surface area (Å²) in [5, 5.41) is 2.27. The first-order valence-corrected chi connectivity index (χ1v) is 4.96. The summed E-state index contributed by atoms with van der Waals surface area (Å²) in [4.78, 5) is 21.8. The van der Waals surface area contributed by atoms with Crippen molar-refractivity contribution >= 4 is 12.1 Å². The van der Waals surface area contributed by atoms with Crippen molar-refractivity contribution < 1.29 is 19.1 Å². The van der Waals surface area contributed by atoms with Gasteiger partial charge in [-0.15, -0.1) is 0 Å². The fourth-order valence-corrected chi connectivity index (χ4v) is 0.999. The van der Waals surface area contributed by atoms with Crippen LogP contribution < -0.4 is 5.32 Å². The first kappa shape index (κ1) is 12.8. The number of hydrogen-bond donors (Lipinski definition) is 1. The Balaban J connectivity index is 2.18. The van der Waals surface area contributed by atoms with Crippen LogP contribution in [-0.4, -0.2) is 18.8 Å². The Morgan fingerprint density at radius 1 is 1.24 bits per heavy atom. The summed E-state index contributed by atoms with van der Waals surface area (Å²) in [5.74, 6) is -0.603. The van der Waals surface area contributed by atoms with E-state index in [0.717, 1.165) is 11.6 Å². The minimum absolute atomic E-state index is 0.169. The van der Waals surface area contributed by atoms with Crippen LogP contribution in [0.5, 0.6) is 0 Å². The Labute approximate surface area is 99.0 Å². The van der Waals surface area contributed by atoms with Crippen molar-refractivity contribution in [1.29, 1.82) is 0 Å². The normalized spacial score (nSPS) is 9.18. The molecule has 5 nitrogen and oxygen atoms in total. The van der Waals surface area contributed by atoms with E-state index in [1.165, 1.54) is 0 Å². The van der Waals surface area contributed by atoms with Crippen LogP contribution in [0.4, 0.5) is 4.79 Å². The first-order chi connectivity index (χ1) is 8.22. The van der Waals surface area contributed by atoms with Gasteiger partial charge in [-0.25, -0.2) is 9.59 Å². The Kier molecular flexibility index (Phi) is 5.30. The maximum Gasteiger partial charge on any atom is 0.410 e. The molecule has 0 aliphatic heterocycles. The van der Waals surface area contributed by atoms with E-state index in [0.29, 0.717) is 0 Å². The number of hydrogen-bond acceptors (Lipinski definition) is 4. The van der Waals surface area contributed by atoms with Crippen molar-refractivity contribution in [1.82, 2.24) is 5.32 Å². The molecule has 0 bridgehead atoms. The Morgan fingerprint density at radius 3 is 2.59 bits per heavy atom. The molecule has 0 aromatic heterocycles. The second-order valence-electron chi connectivity index (χ2n) is 3.05. The third-order valence-electron chi connectivity index (χ3n) is 1.81. The van der Waals surface area contributed by atoms with Crippen LogP contribution in [-0.2, 0) is 20.9 Å². The molecule has 1 N–H and O–H groups in total. The summed E-state index contributed by atoms with van der Waals surface area (Å²) in [7, 11) is 0. The molecule has 0 spiro atoms. The van der Waals surface area contributed by atoms with Gasteiger partial charge in [0, 0.05) is 6.08 Å². The zero-order chi connectivity index (χ0) is 12.5. The Hall–Kier alpha value is -2.30. The summed E-state index contributed by atoms with van der Waals surface area (Å²) < 4.78 is 9.42. The van der Waals surface area contributed by atoms with Crippen molar-refractivity contribution in [3.05, 3.63) is 48.6 Å². The highest BCUT2D eigenvalue weighted by Gasteiger charge is 2.02. The minimum atomic E-state index is -0.647. The molecule has 1 rings (SSSR count). The van der Waals surface area contributed by atoms with E-state index in [2.05, 4.69) is 16.6 Å². The highest BCUT2D eigenvalue weighted by molar-refractivity contribution is 5.81. The zero-order valence-electron chi connectivity index (χ0n) is 9.22. The smallest absolute Gasteiger partial charge is 0.410 e. The van der Waals surface area contributed by atoms with Crippen LogP contribution >= 0.6 is 0 Å². The van der Waals surface area contributed by atoms with Crippen molar-refractivity contribution in [2.45, 2.75) is 6.61 Å². The summed E-state index contributed by atoms with van der Waals surface area (Å²) in [6.07, 6.45) is 0.363. The summed E-state index contributed by atoms with van der Waals surface area (Å²) in [6, 6.07) is 9.25. The number of benzene rings is 1. The number of alkyl carbamates (subject to hydrolysis) is 1. The van der Waals surface area contributed by atoms with Crippen LogP contribution in [0.2, 0.25) is 0 Å². The number of esters is 1. The second kappa shape index (κ2) is 7.05. The topological polar surface area (TPSA) is 64.6 Å². The first-order valence-electron chi connectivity index (χ1n) is 4.96. The molecule has 0 aliphatic carbocycles. The van der Waals surface area contributed by atoms with Gasteiger partial charge in [0.15, 0.2) is 6.73 Å². The van der Waals surface area contributed by atoms with Crippen molar-refractivity contribution in [2.24, 2.45) is 0 Å². The standard InChI is InChI=1S/C12H13NO4/c1-2-11(14)17-9-13-12(15)16-8-10-6-4-3-5-7-10/h2-7H,1,8-9H2,(H,13,15). The van der Waals surface area contributed by atoms with Crippen LogP contribution in [0.25, 0.3) is 0 Å². The lowest BCUT2D eigenvalue weighted by Gasteiger charge is -2.06. The molecule has 0 unspecified atom stereocenters. The van der Waals surface area contributed by atoms with E-state index in [-0.39, 0.29) is 13.3 Å². The zero-order valence-corrected chi connectivity index (χ0v) is 9.22. The van der Waals surface area contributed by atoms with Crippen LogP contribution in [0.15, 0.2) is 43.0 Å². The molecule has 0 heterocycles. The maximum atomic E-state index is 11.1. The monoisotopic (exact) mass is 235 g/mol. The average molecular weight is 235 g/mol. The van der Waals surface area contributed by atoms with E-state index >= 15 is 0 Å². The quantitative estimate of drug-likeness (QED) is 0.478. The largest absolute Gasteiger partial charge is 0.445 e. The predicted octanol–water partition coefficient (Wildman–Crippen LogP) is 1.60. The molecule has 0 aliphatic rings. The van der Waals surface area contributed by atoms with Gasteiger partial charge in [-0.3, -0.25) is 5.32 Å². The van der Waals surface area contributed by atoms with E-state index < -0.39 is 12.1 Å². The molecule has 5 heteroatoms. The van der Waals surface area contributed by atoms with Gasteiger partial charge in [-0.1, -0.05) is 36.9 Å². The van der Waals surface area contributed by atoms with Gasteiger partial charge in [0.25, 0.3) is 0 Å². The molecule has 90 valence electrons. The van der Waals surface area contributed by atoms with Crippen LogP contribution in [0, 0.1) is 0 Å². The van der Waals surface area contributed by atoms with Gasteiger partial charge in [0.05, 0.1) is 0 Å². The van der Waals surface area contributed by atoms with Crippen molar-refractivity contribution in [3.63, 3.8) is 0 Å². The van der Waals surface area contributed by atoms with E-state index in [1.807, 2.05) is 30.3 Å². The number of carbonyl (C=O) groups is 2. The average Bonchev–Trinajstić information content (AvgIpc) is 2.37. The third kappa shape index (κ3) is 5.36. The molecule has 1 aromatic rings. The number of rotatable bonds is 5. The third-order valence-corrected chi connectivity index (χ3v) is 1.81. The maximum absolute atomic E-state index is 11.1. The fraction of sp³-hybridized carbons (Fsp3) is 0.167. The van der Waals surface area contributed by atoms with E-state index in [9.17, 15) is 9.59 Å². The van der Waals surface area contributed by atoms with Crippen LogP contribution in [0.3, 0.4) is 0 Å². The number of nitrogens with one attached hydrogen (secondary N) is 1. The molecular formula is C12H13NO4. The second-order valence-corrected chi connectivity index (χ2v) is 3.05. The molecule has 0 saturated carbocycles. The molecular weight excluding hydrogens is 222 g/mol. The molecule has 1 amide bonds. The summed E-state index contributed by atoms with van der Waals surface area (Å²) in [6.45, 7) is 3.15. The molecule has 1 aromatic carbocycles. The number of ether oxygens (including phenoxy) is 2. The van der Waals surface area contributed by atoms with Gasteiger partial charge in [-0.2, -0.15) is 0 Å². The van der Waals surface area contributed by atoms with Gasteiger partial charge >= 0.3 is 12.1 Å². The Morgan fingerprint density at radius 2 is 1.94 bits per heavy atom. The Bertz CT molecular complexity index is 389. The molecule has 0 fully saturated rings. The van der Waals surface area contributed by atoms with Gasteiger partial charge in [-0.05, 0) is 5.56 Å². The lowest BCUT2D eigenvalue weighted by atomic mass is 10.2. The predicted molar refractivity (Wildman–Crippen MR) is 60.9 cm³/mol. The fourth-order valence-electron chi connectivity index (χ4n) is 0.999. The SMILES string of the molecule is C=CC(=O)OCNC(=O)OCc1ccccc1. The molecule has 0 saturated heterocycles. The summed E-state index contributed by atoms with van der Waals surface area (Å²) >= 11 is 0. The van der Waals surface area contributed by atoms with Crippen molar-refractivity contribution in [2.75, 3.05) is 6.73 Å². The van der Waals surface area contributed by atoms with Crippen molar-refractivity contribution in [3.8, 4) is 0 Å². The van der Waals surface area contributed by atoms with Gasteiger partial charge in [0.2, 0.25) is 0 Å². The molecule has 17 heavy (non-hydrogen) atoms. The minimum Gasteiger partial charge on any atom is -0.445 e. The molecule has 0 radical (unpaired) electrons. The lowest BCUT2D eigenvalue weighted by molar-refractivity contribution is -0.138. The summed E-state index contributed by atoms with van der Waals surface area (Å²) in [5.41, 5.74) is 0.880. The van der Waals surface area contributed by atoms with Crippen LogP contribution in [0.1, 0.15) is 5.56 Å². The number of amides is 1. The molecule has 0 atom stereocenters. The van der Waals surface area contributed by atoms with Gasteiger partial charge < -0.3 is 9.47 Å². The highest BCUT2D eigenvalue weighted by Crippen LogP contribution is 2.00. The van der Waals surface area contributed by atoms with Gasteiger partial charge in [0.1, 0.15) is 6.61 Å². The highest BCUT2D eigenvalue weighted by atomic mass is 16.6. The van der Waals surface area contributed by atoms with E-state index in [4.69, 9.17) is 4.74 Å². The lowest BCUT2D eigenvalue weighted by Crippen LogP contribution is -2.27. The number of carbonyl (C=O) groups excluding carboxylic acids is 2. The van der Waals surface area contributed by atoms with E-state index in [1.54, 1.807) is 0 Å².